The average molecular weight is 491 g/mol. The number of phosphoric acid groups is 1. The number of hydrogen-bond donors (Lipinski definition) is 1. The number of carbonyl (C=O) groups is 4. The second-order valence-electron chi connectivity index (χ2n) is 9.99. The van der Waals surface area contributed by atoms with Crippen molar-refractivity contribution >= 4 is 31.5 Å². The molecule has 1 aliphatic heterocycles. The summed E-state index contributed by atoms with van der Waals surface area (Å²) in [5.74, 6) is -1.41. The highest BCUT2D eigenvalue weighted by atomic mass is 31.2. The Balaban J connectivity index is 1.79. The highest BCUT2D eigenvalue weighted by molar-refractivity contribution is 7.48. The van der Waals surface area contributed by atoms with Gasteiger partial charge in [-0.25, -0.2) is 9.09 Å². The normalized spacial score (nSPS) is 27.1. The molecule has 0 aromatic rings. The van der Waals surface area contributed by atoms with E-state index in [2.05, 4.69) is 5.32 Å². The molecule has 0 aromatic carbocycles. The Bertz CT molecular complexity index is 803. The molecule has 1 heterocycles. The summed E-state index contributed by atoms with van der Waals surface area (Å²) in [6.07, 6.45) is 0.420. The molecule has 1 saturated heterocycles. The number of rotatable bonds is 9. The first-order valence-corrected chi connectivity index (χ1v) is 12.4. The van der Waals surface area contributed by atoms with Crippen LogP contribution < -0.4 is 5.32 Å². The first kappa shape index (κ1) is 27.4. The van der Waals surface area contributed by atoms with Crippen LogP contribution in [-0.4, -0.2) is 56.3 Å². The lowest BCUT2D eigenvalue weighted by Gasteiger charge is -2.39. The van der Waals surface area contributed by atoms with Gasteiger partial charge in [0.25, 0.3) is 0 Å². The predicted molar refractivity (Wildman–Crippen MR) is 115 cm³/mol. The van der Waals surface area contributed by atoms with Crippen LogP contribution in [0.2, 0.25) is 0 Å². The van der Waals surface area contributed by atoms with Crippen LogP contribution in [0.4, 0.5) is 0 Å². The SMILES string of the molecule is CC(C)(C)C(=O)OCOP1(=O)OCC(C)(C)[C@H](C(=O)NCCC(=O)OCC2CCC(=O)C2)O1. The number of phosphoric ester groups is 1. The number of esters is 2. The van der Waals surface area contributed by atoms with Gasteiger partial charge < -0.3 is 14.8 Å². The Kier molecular flexibility index (Phi) is 9.21. The second kappa shape index (κ2) is 11.1. The summed E-state index contributed by atoms with van der Waals surface area (Å²) in [5.41, 5.74) is -1.61. The summed E-state index contributed by atoms with van der Waals surface area (Å²) < 4.78 is 38.4. The van der Waals surface area contributed by atoms with E-state index in [-0.39, 0.29) is 37.9 Å². The third-order valence-corrected chi connectivity index (χ3v) is 6.58. The van der Waals surface area contributed by atoms with E-state index in [1.54, 1.807) is 34.6 Å². The summed E-state index contributed by atoms with van der Waals surface area (Å²) >= 11 is 0. The average Bonchev–Trinajstić information content (AvgIpc) is 3.13. The summed E-state index contributed by atoms with van der Waals surface area (Å²) in [7, 11) is -4.15. The molecule has 1 amide bonds. The van der Waals surface area contributed by atoms with Gasteiger partial charge in [-0.3, -0.25) is 28.2 Å². The zero-order chi connectivity index (χ0) is 24.9. The molecule has 2 rings (SSSR count). The number of carbonyl (C=O) groups excluding carboxylic acids is 4. The van der Waals surface area contributed by atoms with Crippen molar-refractivity contribution in [3.05, 3.63) is 0 Å². The van der Waals surface area contributed by atoms with Crippen LogP contribution in [0.1, 0.15) is 60.3 Å². The lowest BCUT2D eigenvalue weighted by atomic mass is 9.87. The second-order valence-corrected chi connectivity index (χ2v) is 11.6. The molecule has 0 spiro atoms. The van der Waals surface area contributed by atoms with Crippen LogP contribution in [0.5, 0.6) is 0 Å². The van der Waals surface area contributed by atoms with Crippen LogP contribution in [0.25, 0.3) is 0 Å². The van der Waals surface area contributed by atoms with Crippen LogP contribution >= 0.6 is 7.82 Å². The molecular weight excluding hydrogens is 457 g/mol. The fourth-order valence-corrected chi connectivity index (χ4v) is 4.66. The largest absolute Gasteiger partial charge is 0.478 e. The number of ether oxygens (including phenoxy) is 2. The first-order chi connectivity index (χ1) is 15.2. The Morgan fingerprint density at radius 3 is 2.52 bits per heavy atom. The molecule has 33 heavy (non-hydrogen) atoms. The molecule has 0 radical (unpaired) electrons. The van der Waals surface area contributed by atoms with E-state index in [1.165, 1.54) is 0 Å². The summed E-state index contributed by atoms with van der Waals surface area (Å²) in [5, 5.41) is 2.57. The summed E-state index contributed by atoms with van der Waals surface area (Å²) in [4.78, 5) is 47.6. The molecule has 2 unspecified atom stereocenters. The van der Waals surface area contributed by atoms with Crippen LogP contribution in [0.3, 0.4) is 0 Å². The van der Waals surface area contributed by atoms with Crippen molar-refractivity contribution in [2.45, 2.75) is 66.4 Å². The van der Waals surface area contributed by atoms with Crippen LogP contribution in [-0.2, 0) is 46.8 Å². The number of ketones is 1. The number of nitrogens with one attached hydrogen (secondary N) is 1. The van der Waals surface area contributed by atoms with E-state index in [0.717, 1.165) is 6.42 Å². The van der Waals surface area contributed by atoms with Crippen LogP contribution in [0.15, 0.2) is 0 Å². The molecule has 0 aromatic heterocycles. The lowest BCUT2D eigenvalue weighted by molar-refractivity contribution is -0.163. The third kappa shape index (κ3) is 8.48. The molecule has 188 valence electrons. The Morgan fingerprint density at radius 1 is 1.21 bits per heavy atom. The standard InChI is InChI=1S/C21H34NO10P/c1-20(2,3)19(26)29-13-31-33(27)30-12-21(4,5)17(32-33)18(25)22-9-8-16(24)28-11-14-6-7-15(23)10-14/h14,17H,6-13H2,1-5H3,(H,22,25)/t14?,17-,33?/m0/s1. The molecule has 1 aliphatic carbocycles. The van der Waals surface area contributed by atoms with E-state index in [9.17, 15) is 23.7 Å². The Labute approximate surface area is 193 Å². The molecule has 1 saturated carbocycles. The van der Waals surface area contributed by atoms with Crippen molar-refractivity contribution in [3.63, 3.8) is 0 Å². The molecule has 2 aliphatic rings. The van der Waals surface area contributed by atoms with E-state index >= 15 is 0 Å². The molecule has 11 nitrogen and oxygen atoms in total. The van der Waals surface area contributed by atoms with Crippen molar-refractivity contribution in [1.29, 1.82) is 0 Å². The maximum Gasteiger partial charge on any atom is 0.478 e. The van der Waals surface area contributed by atoms with Gasteiger partial charge >= 0.3 is 19.8 Å². The minimum atomic E-state index is -4.15. The van der Waals surface area contributed by atoms with Gasteiger partial charge in [0, 0.05) is 30.7 Å². The van der Waals surface area contributed by atoms with Crippen molar-refractivity contribution in [1.82, 2.24) is 5.32 Å². The number of Topliss-reactive ketones (excluding diaryl/α,β-unsaturated/α-hetero) is 1. The zero-order valence-electron chi connectivity index (χ0n) is 19.8. The lowest BCUT2D eigenvalue weighted by Crippen LogP contribution is -2.50. The molecule has 0 bridgehead atoms. The maximum absolute atomic E-state index is 12.7. The predicted octanol–water partition coefficient (Wildman–Crippen LogP) is 2.52. The summed E-state index contributed by atoms with van der Waals surface area (Å²) in [6.45, 7) is 7.77. The molecule has 12 heteroatoms. The quantitative estimate of drug-likeness (QED) is 0.290. The van der Waals surface area contributed by atoms with Gasteiger partial charge in [-0.2, -0.15) is 0 Å². The monoisotopic (exact) mass is 491 g/mol. The Morgan fingerprint density at radius 2 is 1.91 bits per heavy atom. The smallest absolute Gasteiger partial charge is 0.465 e. The van der Waals surface area contributed by atoms with Crippen molar-refractivity contribution < 1.29 is 46.8 Å². The minimum Gasteiger partial charge on any atom is -0.465 e. The van der Waals surface area contributed by atoms with Crippen LogP contribution in [0, 0.1) is 16.7 Å². The fraction of sp³-hybridized carbons (Fsp3) is 0.810. The third-order valence-electron chi connectivity index (χ3n) is 5.25. The van der Waals surface area contributed by atoms with Gasteiger partial charge in [0.15, 0.2) is 6.10 Å². The van der Waals surface area contributed by atoms with Crippen molar-refractivity contribution in [3.8, 4) is 0 Å². The molecular formula is C21H34NO10P. The fourth-order valence-electron chi connectivity index (χ4n) is 3.15. The summed E-state index contributed by atoms with van der Waals surface area (Å²) in [6, 6.07) is 0. The molecule has 2 fully saturated rings. The highest BCUT2D eigenvalue weighted by Crippen LogP contribution is 2.57. The number of amides is 1. The van der Waals surface area contributed by atoms with E-state index < -0.39 is 49.4 Å². The Hall–Kier alpha value is -1.81. The molecule has 3 atom stereocenters. The number of hydrogen-bond acceptors (Lipinski definition) is 10. The van der Waals surface area contributed by atoms with E-state index in [4.69, 9.17) is 23.0 Å². The van der Waals surface area contributed by atoms with Gasteiger partial charge in [0.05, 0.1) is 25.0 Å². The van der Waals surface area contributed by atoms with Gasteiger partial charge in [-0.1, -0.05) is 13.8 Å². The van der Waals surface area contributed by atoms with Crippen molar-refractivity contribution in [2.75, 3.05) is 26.6 Å². The van der Waals surface area contributed by atoms with Gasteiger partial charge in [0.2, 0.25) is 12.7 Å². The topological polar surface area (TPSA) is 144 Å². The van der Waals surface area contributed by atoms with Crippen molar-refractivity contribution in [2.24, 2.45) is 16.7 Å². The zero-order valence-corrected chi connectivity index (χ0v) is 20.7. The van der Waals surface area contributed by atoms with E-state index in [1.807, 2.05) is 0 Å². The van der Waals surface area contributed by atoms with Gasteiger partial charge in [0.1, 0.15) is 5.78 Å². The van der Waals surface area contributed by atoms with Gasteiger partial charge in [-0.15, -0.1) is 0 Å². The first-order valence-electron chi connectivity index (χ1n) is 10.9. The molecule has 1 N–H and O–H groups in total. The van der Waals surface area contributed by atoms with E-state index in [0.29, 0.717) is 12.8 Å². The highest BCUT2D eigenvalue weighted by Gasteiger charge is 2.49. The minimum absolute atomic E-state index is 0.00752. The van der Waals surface area contributed by atoms with Gasteiger partial charge in [-0.05, 0) is 27.2 Å². The maximum atomic E-state index is 12.7.